The van der Waals surface area contributed by atoms with Crippen LogP contribution in [0, 0.1) is 5.92 Å². The monoisotopic (exact) mass is 424 g/mol. The third-order valence-corrected chi connectivity index (χ3v) is 6.92. The van der Waals surface area contributed by atoms with Gasteiger partial charge in [-0.25, -0.2) is 17.9 Å². The van der Waals surface area contributed by atoms with Gasteiger partial charge in [-0.3, -0.25) is 4.79 Å². The Balaban J connectivity index is 1.62. The van der Waals surface area contributed by atoms with Crippen molar-refractivity contribution in [3.63, 3.8) is 0 Å². The lowest BCUT2D eigenvalue weighted by atomic mass is 9.86. The SMILES string of the molecule is COc1ccc(C(=O)OCC(=O)NC2CCCCC2C)cc1S(=O)(=O)NC1CC1. The first-order valence-electron chi connectivity index (χ1n) is 9.97. The molecule has 2 aliphatic carbocycles. The van der Waals surface area contributed by atoms with Crippen LogP contribution >= 0.6 is 0 Å². The zero-order valence-corrected chi connectivity index (χ0v) is 17.6. The standard InChI is InChI=1S/C20H28N2O6S/c1-13-5-3-4-6-16(13)21-19(23)12-28-20(24)14-7-10-17(27-2)18(11-14)29(25,26)22-15-8-9-15/h7,10-11,13,15-16,22H,3-6,8-9,12H2,1-2H3,(H,21,23). The van der Waals surface area contributed by atoms with E-state index in [1.807, 2.05) is 0 Å². The van der Waals surface area contributed by atoms with E-state index in [1.165, 1.54) is 31.7 Å². The summed E-state index contributed by atoms with van der Waals surface area (Å²) in [6, 6.07) is 4.06. The van der Waals surface area contributed by atoms with Crippen LogP contribution in [-0.4, -0.2) is 46.1 Å². The molecule has 0 saturated heterocycles. The average molecular weight is 425 g/mol. The number of benzene rings is 1. The van der Waals surface area contributed by atoms with Gasteiger partial charge in [0.2, 0.25) is 10.0 Å². The molecule has 1 aromatic rings. The largest absolute Gasteiger partial charge is 0.495 e. The molecule has 0 aliphatic heterocycles. The van der Waals surface area contributed by atoms with Crippen molar-refractivity contribution in [2.24, 2.45) is 5.92 Å². The van der Waals surface area contributed by atoms with E-state index in [-0.39, 0.29) is 34.2 Å². The van der Waals surface area contributed by atoms with Crippen molar-refractivity contribution in [3.8, 4) is 5.75 Å². The van der Waals surface area contributed by atoms with Gasteiger partial charge in [-0.15, -0.1) is 0 Å². The minimum Gasteiger partial charge on any atom is -0.495 e. The van der Waals surface area contributed by atoms with Gasteiger partial charge in [-0.05, 0) is 49.8 Å². The van der Waals surface area contributed by atoms with Crippen molar-refractivity contribution in [2.45, 2.75) is 62.4 Å². The van der Waals surface area contributed by atoms with Crippen molar-refractivity contribution in [1.82, 2.24) is 10.0 Å². The third-order valence-electron chi connectivity index (χ3n) is 5.38. The molecule has 2 aliphatic rings. The lowest BCUT2D eigenvalue weighted by molar-refractivity contribution is -0.125. The molecule has 1 amide bonds. The number of methoxy groups -OCH3 is 1. The molecule has 2 N–H and O–H groups in total. The van der Waals surface area contributed by atoms with Gasteiger partial charge in [0.25, 0.3) is 5.91 Å². The summed E-state index contributed by atoms with van der Waals surface area (Å²) in [5.74, 6) is -0.577. The first-order chi connectivity index (χ1) is 13.8. The van der Waals surface area contributed by atoms with Crippen LogP contribution in [0.3, 0.4) is 0 Å². The second-order valence-electron chi connectivity index (χ2n) is 7.77. The van der Waals surface area contributed by atoms with Gasteiger partial charge in [0.05, 0.1) is 12.7 Å². The predicted octanol–water partition coefficient (Wildman–Crippen LogP) is 1.99. The van der Waals surface area contributed by atoms with Gasteiger partial charge in [0.15, 0.2) is 6.61 Å². The van der Waals surface area contributed by atoms with E-state index in [0.717, 1.165) is 32.1 Å². The van der Waals surface area contributed by atoms with Crippen LogP contribution in [0.5, 0.6) is 5.75 Å². The van der Waals surface area contributed by atoms with Gasteiger partial charge in [0, 0.05) is 12.1 Å². The molecule has 0 radical (unpaired) electrons. The number of sulfonamides is 1. The van der Waals surface area contributed by atoms with Crippen LogP contribution in [0.4, 0.5) is 0 Å². The number of hydrogen-bond acceptors (Lipinski definition) is 6. The van der Waals surface area contributed by atoms with Crippen molar-refractivity contribution in [2.75, 3.05) is 13.7 Å². The smallest absolute Gasteiger partial charge is 0.338 e. The second kappa shape index (κ2) is 9.13. The van der Waals surface area contributed by atoms with E-state index in [2.05, 4.69) is 17.0 Å². The molecule has 0 spiro atoms. The summed E-state index contributed by atoms with van der Waals surface area (Å²) in [4.78, 5) is 24.4. The number of carbonyl (C=O) groups excluding carboxylic acids is 2. The van der Waals surface area contributed by atoms with Crippen LogP contribution < -0.4 is 14.8 Å². The molecule has 9 heteroatoms. The number of esters is 1. The quantitative estimate of drug-likeness (QED) is 0.618. The van der Waals surface area contributed by atoms with Crippen molar-refractivity contribution < 1.29 is 27.5 Å². The summed E-state index contributed by atoms with van der Waals surface area (Å²) in [7, 11) is -2.45. The van der Waals surface area contributed by atoms with Crippen LogP contribution in [-0.2, 0) is 19.6 Å². The number of ether oxygens (including phenoxy) is 2. The van der Waals surface area contributed by atoms with Crippen molar-refractivity contribution >= 4 is 21.9 Å². The first kappa shape index (κ1) is 21.6. The van der Waals surface area contributed by atoms with Crippen LogP contribution in [0.2, 0.25) is 0 Å². The minimum atomic E-state index is -3.81. The number of carbonyl (C=O) groups is 2. The Morgan fingerprint density at radius 1 is 1.14 bits per heavy atom. The highest BCUT2D eigenvalue weighted by atomic mass is 32.2. The van der Waals surface area contributed by atoms with Gasteiger partial charge in [-0.1, -0.05) is 19.8 Å². The highest BCUT2D eigenvalue weighted by Crippen LogP contribution is 2.28. The Labute approximate surface area is 171 Å². The van der Waals surface area contributed by atoms with Crippen molar-refractivity contribution in [3.05, 3.63) is 23.8 Å². The molecule has 2 atom stereocenters. The normalized spacial score (nSPS) is 22.0. The maximum atomic E-state index is 12.5. The van der Waals surface area contributed by atoms with Gasteiger partial charge >= 0.3 is 5.97 Å². The molecular formula is C20H28N2O6S. The van der Waals surface area contributed by atoms with Crippen LogP contribution in [0.1, 0.15) is 55.8 Å². The molecule has 8 nitrogen and oxygen atoms in total. The zero-order valence-electron chi connectivity index (χ0n) is 16.8. The summed E-state index contributed by atoms with van der Waals surface area (Å²) >= 11 is 0. The topological polar surface area (TPSA) is 111 Å². The second-order valence-corrected chi connectivity index (χ2v) is 9.46. The molecule has 1 aromatic carbocycles. The maximum Gasteiger partial charge on any atom is 0.338 e. The fourth-order valence-corrected chi connectivity index (χ4v) is 4.99. The maximum absolute atomic E-state index is 12.5. The highest BCUT2D eigenvalue weighted by molar-refractivity contribution is 7.89. The predicted molar refractivity (Wildman–Crippen MR) is 106 cm³/mol. The molecule has 0 bridgehead atoms. The van der Waals surface area contributed by atoms with E-state index in [0.29, 0.717) is 5.92 Å². The summed E-state index contributed by atoms with van der Waals surface area (Å²) in [5.41, 5.74) is 0.0424. The van der Waals surface area contributed by atoms with Gasteiger partial charge in [-0.2, -0.15) is 0 Å². The van der Waals surface area contributed by atoms with Crippen LogP contribution in [0.25, 0.3) is 0 Å². The minimum absolute atomic E-state index is 0.0424. The number of rotatable bonds is 8. The van der Waals surface area contributed by atoms with Crippen molar-refractivity contribution in [1.29, 1.82) is 0 Å². The zero-order chi connectivity index (χ0) is 21.0. The number of nitrogens with one attached hydrogen (secondary N) is 2. The number of hydrogen-bond donors (Lipinski definition) is 2. The summed E-state index contributed by atoms with van der Waals surface area (Å²) in [6.45, 7) is 1.70. The molecule has 0 heterocycles. The summed E-state index contributed by atoms with van der Waals surface area (Å²) in [5, 5.41) is 2.92. The first-order valence-corrected chi connectivity index (χ1v) is 11.5. The molecular weight excluding hydrogens is 396 g/mol. The Kier molecular flexibility index (Phi) is 6.79. The molecule has 2 unspecified atom stereocenters. The summed E-state index contributed by atoms with van der Waals surface area (Å²) < 4.78 is 37.9. The molecule has 0 aromatic heterocycles. The molecule has 2 fully saturated rings. The Morgan fingerprint density at radius 2 is 1.86 bits per heavy atom. The molecule has 160 valence electrons. The average Bonchev–Trinajstić information content (AvgIpc) is 3.50. The van der Waals surface area contributed by atoms with E-state index in [4.69, 9.17) is 9.47 Å². The lowest BCUT2D eigenvalue weighted by Gasteiger charge is -2.29. The third kappa shape index (κ3) is 5.70. The van der Waals surface area contributed by atoms with Gasteiger partial charge in [0.1, 0.15) is 10.6 Å². The summed E-state index contributed by atoms with van der Waals surface area (Å²) in [6.07, 6.45) is 5.82. The molecule has 2 saturated carbocycles. The van der Waals surface area contributed by atoms with E-state index in [9.17, 15) is 18.0 Å². The van der Waals surface area contributed by atoms with E-state index >= 15 is 0 Å². The van der Waals surface area contributed by atoms with E-state index < -0.39 is 22.6 Å². The Bertz CT molecular complexity index is 866. The fraction of sp³-hybridized carbons (Fsp3) is 0.600. The van der Waals surface area contributed by atoms with Crippen LogP contribution in [0.15, 0.2) is 23.1 Å². The highest BCUT2D eigenvalue weighted by Gasteiger charge is 2.30. The Morgan fingerprint density at radius 3 is 2.52 bits per heavy atom. The molecule has 3 rings (SSSR count). The number of amides is 1. The van der Waals surface area contributed by atoms with E-state index in [1.54, 1.807) is 0 Å². The lowest BCUT2D eigenvalue weighted by Crippen LogP contribution is -2.42. The Hall–Kier alpha value is -2.13. The molecule has 29 heavy (non-hydrogen) atoms. The fourth-order valence-electron chi connectivity index (χ4n) is 3.49. The van der Waals surface area contributed by atoms with Gasteiger partial charge < -0.3 is 14.8 Å².